The monoisotopic (exact) mass is 294 g/mol. The Morgan fingerprint density at radius 1 is 1.38 bits per heavy atom. The van der Waals surface area contributed by atoms with Gasteiger partial charge in [-0.25, -0.2) is 0 Å². The highest BCUT2D eigenvalue weighted by Crippen LogP contribution is 2.40. The van der Waals surface area contributed by atoms with Gasteiger partial charge in [-0.3, -0.25) is 14.9 Å². The third-order valence-corrected chi connectivity index (χ3v) is 3.84. The van der Waals surface area contributed by atoms with Gasteiger partial charge in [0.1, 0.15) is 5.69 Å². The first-order valence-corrected chi connectivity index (χ1v) is 6.63. The second-order valence-corrected chi connectivity index (χ2v) is 5.10. The summed E-state index contributed by atoms with van der Waals surface area (Å²) < 4.78 is 9.86. The maximum atomic E-state index is 11.7. The van der Waals surface area contributed by atoms with Crippen LogP contribution in [0.1, 0.15) is 6.92 Å². The van der Waals surface area contributed by atoms with E-state index in [0.717, 1.165) is 0 Å². The number of methoxy groups -OCH3 is 2. The Kier molecular flexibility index (Phi) is 4.30. The molecule has 0 spiro atoms. The highest BCUT2D eigenvalue weighted by atomic mass is 16.6. The standard InChI is InChI=1S/C14H18N2O5/c1-9-7-15(8-10(9)14(17)21-3)11-5-4-6-12(20-2)13(11)16(18)19/h4-6,9-10H,7-8H2,1-3H3. The van der Waals surface area contributed by atoms with Crippen molar-refractivity contribution in [1.29, 1.82) is 0 Å². The van der Waals surface area contributed by atoms with E-state index in [1.165, 1.54) is 14.2 Å². The van der Waals surface area contributed by atoms with E-state index in [9.17, 15) is 14.9 Å². The van der Waals surface area contributed by atoms with Crippen molar-refractivity contribution >= 4 is 17.3 Å². The lowest BCUT2D eigenvalue weighted by Crippen LogP contribution is -2.24. The number of hydrogen-bond donors (Lipinski definition) is 0. The number of nitro benzene ring substituents is 1. The molecule has 0 radical (unpaired) electrons. The first-order valence-electron chi connectivity index (χ1n) is 6.63. The molecule has 0 N–H and O–H groups in total. The average molecular weight is 294 g/mol. The molecule has 1 aromatic rings. The van der Waals surface area contributed by atoms with Crippen molar-refractivity contribution in [3.8, 4) is 5.75 Å². The molecule has 0 bridgehead atoms. The third kappa shape index (κ3) is 2.76. The molecule has 1 aliphatic heterocycles. The molecule has 0 saturated carbocycles. The summed E-state index contributed by atoms with van der Waals surface area (Å²) in [7, 11) is 2.75. The number of carbonyl (C=O) groups excluding carboxylic acids is 1. The lowest BCUT2D eigenvalue weighted by Gasteiger charge is -2.19. The molecule has 1 heterocycles. The van der Waals surface area contributed by atoms with Crippen molar-refractivity contribution in [3.63, 3.8) is 0 Å². The Morgan fingerprint density at radius 3 is 2.67 bits per heavy atom. The maximum Gasteiger partial charge on any atom is 0.333 e. The molecular formula is C14H18N2O5. The first kappa shape index (κ1) is 15.1. The summed E-state index contributed by atoms with van der Waals surface area (Å²) in [5.41, 5.74) is 0.398. The van der Waals surface area contributed by atoms with E-state index in [2.05, 4.69) is 0 Å². The molecule has 0 amide bonds. The van der Waals surface area contributed by atoms with Gasteiger partial charge in [-0.1, -0.05) is 13.0 Å². The molecule has 0 aliphatic carbocycles. The van der Waals surface area contributed by atoms with Crippen LogP contribution in [0.2, 0.25) is 0 Å². The molecule has 2 unspecified atom stereocenters. The molecule has 21 heavy (non-hydrogen) atoms. The first-order chi connectivity index (χ1) is 9.99. The number of hydrogen-bond acceptors (Lipinski definition) is 6. The van der Waals surface area contributed by atoms with Gasteiger partial charge in [0.2, 0.25) is 0 Å². The number of carbonyl (C=O) groups is 1. The van der Waals surface area contributed by atoms with Crippen LogP contribution in [0.25, 0.3) is 0 Å². The molecule has 2 rings (SSSR count). The number of para-hydroxylation sites is 1. The second kappa shape index (κ2) is 5.99. The number of ether oxygens (including phenoxy) is 2. The van der Waals surface area contributed by atoms with E-state index in [1.54, 1.807) is 18.2 Å². The zero-order valence-electron chi connectivity index (χ0n) is 12.2. The molecule has 1 aliphatic rings. The highest BCUT2D eigenvalue weighted by Gasteiger charge is 2.38. The zero-order chi connectivity index (χ0) is 15.6. The van der Waals surface area contributed by atoms with Gasteiger partial charge in [-0.15, -0.1) is 0 Å². The van der Waals surface area contributed by atoms with Gasteiger partial charge in [-0.2, -0.15) is 0 Å². The average Bonchev–Trinajstić information content (AvgIpc) is 2.87. The predicted octanol–water partition coefficient (Wildman–Crippen LogP) is 1.85. The normalized spacial score (nSPS) is 21.2. The van der Waals surface area contributed by atoms with Crippen LogP contribution >= 0.6 is 0 Å². The van der Waals surface area contributed by atoms with Gasteiger partial charge < -0.3 is 14.4 Å². The van der Waals surface area contributed by atoms with Crippen LogP contribution in [0.5, 0.6) is 5.75 Å². The topological polar surface area (TPSA) is 81.9 Å². The summed E-state index contributed by atoms with van der Waals surface area (Å²) >= 11 is 0. The largest absolute Gasteiger partial charge is 0.490 e. The van der Waals surface area contributed by atoms with E-state index in [-0.39, 0.29) is 29.2 Å². The van der Waals surface area contributed by atoms with Crippen LogP contribution in [0.3, 0.4) is 0 Å². The van der Waals surface area contributed by atoms with Crippen LogP contribution in [-0.2, 0) is 9.53 Å². The van der Waals surface area contributed by atoms with Gasteiger partial charge in [0.05, 0.1) is 25.1 Å². The molecule has 114 valence electrons. The summed E-state index contributed by atoms with van der Waals surface area (Å²) in [5.74, 6) is -0.272. The third-order valence-electron chi connectivity index (χ3n) is 3.84. The van der Waals surface area contributed by atoms with Gasteiger partial charge >= 0.3 is 11.7 Å². The number of benzene rings is 1. The summed E-state index contributed by atoms with van der Waals surface area (Å²) in [6.07, 6.45) is 0. The number of nitro groups is 1. The predicted molar refractivity (Wildman–Crippen MR) is 76.5 cm³/mol. The van der Waals surface area contributed by atoms with Crippen LogP contribution in [0.4, 0.5) is 11.4 Å². The quantitative estimate of drug-likeness (QED) is 0.479. The van der Waals surface area contributed by atoms with Gasteiger partial charge in [0, 0.05) is 13.1 Å². The molecular weight excluding hydrogens is 276 g/mol. The number of anilines is 1. The highest BCUT2D eigenvalue weighted by molar-refractivity contribution is 5.76. The minimum Gasteiger partial charge on any atom is -0.490 e. The molecule has 7 heteroatoms. The fourth-order valence-electron chi connectivity index (χ4n) is 2.74. The summed E-state index contributed by atoms with van der Waals surface area (Å²) in [5, 5.41) is 11.3. The van der Waals surface area contributed by atoms with Crippen LogP contribution in [0.15, 0.2) is 18.2 Å². The molecule has 1 aromatic carbocycles. The van der Waals surface area contributed by atoms with Gasteiger partial charge in [0.15, 0.2) is 5.75 Å². The molecule has 2 atom stereocenters. The molecule has 7 nitrogen and oxygen atoms in total. The Hall–Kier alpha value is -2.31. The van der Waals surface area contributed by atoms with Crippen molar-refractivity contribution in [2.45, 2.75) is 6.92 Å². The summed E-state index contributed by atoms with van der Waals surface area (Å²) in [4.78, 5) is 24.4. The van der Waals surface area contributed by atoms with Gasteiger partial charge in [-0.05, 0) is 18.1 Å². The van der Waals surface area contributed by atoms with E-state index in [1.807, 2.05) is 11.8 Å². The summed E-state index contributed by atoms with van der Waals surface area (Å²) in [6, 6.07) is 4.93. The Bertz CT molecular complexity index is 560. The van der Waals surface area contributed by atoms with Crippen LogP contribution < -0.4 is 9.64 Å². The Balaban J connectivity index is 2.36. The van der Waals surface area contributed by atoms with Crippen molar-refractivity contribution in [2.24, 2.45) is 11.8 Å². The Labute approximate surface area is 122 Å². The number of esters is 1. The van der Waals surface area contributed by atoms with E-state index in [4.69, 9.17) is 9.47 Å². The van der Waals surface area contributed by atoms with Crippen LogP contribution in [0, 0.1) is 22.0 Å². The lowest BCUT2D eigenvalue weighted by atomic mass is 9.99. The van der Waals surface area contributed by atoms with E-state index >= 15 is 0 Å². The van der Waals surface area contributed by atoms with Crippen molar-refractivity contribution < 1.29 is 19.2 Å². The maximum absolute atomic E-state index is 11.7. The Morgan fingerprint density at radius 2 is 2.10 bits per heavy atom. The van der Waals surface area contributed by atoms with Crippen molar-refractivity contribution in [3.05, 3.63) is 28.3 Å². The van der Waals surface area contributed by atoms with Crippen molar-refractivity contribution in [1.82, 2.24) is 0 Å². The number of nitrogens with zero attached hydrogens (tertiary/aromatic N) is 2. The second-order valence-electron chi connectivity index (χ2n) is 5.10. The number of rotatable bonds is 4. The molecule has 1 saturated heterocycles. The van der Waals surface area contributed by atoms with Crippen LogP contribution in [-0.4, -0.2) is 38.2 Å². The van der Waals surface area contributed by atoms with E-state index in [0.29, 0.717) is 18.8 Å². The van der Waals surface area contributed by atoms with Gasteiger partial charge in [0.25, 0.3) is 0 Å². The minimum atomic E-state index is -0.454. The van der Waals surface area contributed by atoms with E-state index < -0.39 is 4.92 Å². The zero-order valence-corrected chi connectivity index (χ0v) is 12.2. The minimum absolute atomic E-state index is 0.0716. The smallest absolute Gasteiger partial charge is 0.333 e. The summed E-state index contributed by atoms with van der Waals surface area (Å²) in [6.45, 7) is 2.91. The fraction of sp³-hybridized carbons (Fsp3) is 0.500. The SMILES string of the molecule is COC(=O)C1CN(c2cccc(OC)c2[N+](=O)[O-])CC1C. The molecule has 1 fully saturated rings. The lowest BCUT2D eigenvalue weighted by molar-refractivity contribution is -0.385. The molecule has 0 aromatic heterocycles. The van der Waals surface area contributed by atoms with Crippen molar-refractivity contribution in [2.75, 3.05) is 32.2 Å². The fourth-order valence-corrected chi connectivity index (χ4v) is 2.74.